The molecular weight excluding hydrogens is 453 g/mol. The van der Waals surface area contributed by atoms with Gasteiger partial charge in [0.15, 0.2) is 5.76 Å². The highest BCUT2D eigenvalue weighted by Gasteiger charge is 2.33. The van der Waals surface area contributed by atoms with Crippen molar-refractivity contribution in [3.05, 3.63) is 71.9 Å². The third kappa shape index (κ3) is 3.74. The van der Waals surface area contributed by atoms with Crippen molar-refractivity contribution in [2.75, 3.05) is 6.54 Å². The van der Waals surface area contributed by atoms with Crippen LogP contribution in [-0.4, -0.2) is 32.6 Å². The first-order valence-electron chi connectivity index (χ1n) is 10.2. The Morgan fingerprint density at radius 3 is 2.59 bits per heavy atom. The van der Waals surface area contributed by atoms with Crippen LogP contribution in [0.5, 0.6) is 0 Å². The minimum Gasteiger partial charge on any atom is -0.385 e. The maximum absolute atomic E-state index is 13.5. The fourth-order valence-electron chi connectivity index (χ4n) is 4.24. The second kappa shape index (κ2) is 8.39. The van der Waals surface area contributed by atoms with Crippen molar-refractivity contribution in [2.45, 2.75) is 46.8 Å². The number of benzene rings is 1. The molecule has 0 aliphatic carbocycles. The summed E-state index contributed by atoms with van der Waals surface area (Å²) < 4.78 is 5.28. The molecule has 168 valence electrons. The molecule has 0 saturated carbocycles. The number of halogens is 2. The van der Waals surface area contributed by atoms with Gasteiger partial charge in [-0.25, -0.2) is 0 Å². The molecule has 0 saturated heterocycles. The largest absolute Gasteiger partial charge is 0.385 e. The van der Waals surface area contributed by atoms with E-state index in [1.165, 1.54) is 0 Å². The summed E-state index contributed by atoms with van der Waals surface area (Å²) in [6, 6.07) is 3.57. The molecule has 1 atom stereocenters. The standard InChI is InChI=1S/C23H23Cl2N3O4/c1-10-7-11(2)26-22(30)16(10)9-28-6-5-14-17(24)8-15(20(25)19(14)23(28)31)18-12(3)27-32-21(18)13(4)29/h7-8,13,29H,5-6,9H2,1-4H3,(H,26,30). The number of aromatic amines is 1. The van der Waals surface area contributed by atoms with E-state index < -0.39 is 6.10 Å². The third-order valence-corrected chi connectivity index (χ3v) is 6.56. The Morgan fingerprint density at radius 2 is 1.94 bits per heavy atom. The number of carbonyl (C=O) groups excluding carboxylic acids is 1. The summed E-state index contributed by atoms with van der Waals surface area (Å²) >= 11 is 13.3. The molecule has 0 radical (unpaired) electrons. The topological polar surface area (TPSA) is 99.4 Å². The fourth-order valence-corrected chi connectivity index (χ4v) is 4.88. The zero-order valence-electron chi connectivity index (χ0n) is 18.2. The number of hydrogen-bond donors (Lipinski definition) is 2. The minimum atomic E-state index is -0.916. The van der Waals surface area contributed by atoms with Gasteiger partial charge in [0.25, 0.3) is 11.5 Å². The maximum Gasteiger partial charge on any atom is 0.256 e. The highest BCUT2D eigenvalue weighted by molar-refractivity contribution is 6.39. The highest BCUT2D eigenvalue weighted by atomic mass is 35.5. The van der Waals surface area contributed by atoms with Gasteiger partial charge < -0.3 is 19.5 Å². The van der Waals surface area contributed by atoms with Gasteiger partial charge in [-0.05, 0) is 57.4 Å². The third-order valence-electron chi connectivity index (χ3n) is 5.83. The lowest BCUT2D eigenvalue weighted by Crippen LogP contribution is -2.39. The Labute approximate surface area is 194 Å². The number of aliphatic hydroxyl groups is 1. The number of aromatic nitrogens is 2. The number of nitrogens with one attached hydrogen (secondary N) is 1. The Kier molecular flexibility index (Phi) is 5.92. The number of H-pyrrole nitrogens is 1. The number of hydrogen-bond acceptors (Lipinski definition) is 5. The number of nitrogens with zero attached hydrogens (tertiary/aromatic N) is 2. The minimum absolute atomic E-state index is 0.170. The number of aryl methyl sites for hydroxylation is 3. The van der Waals surface area contributed by atoms with E-state index >= 15 is 0 Å². The zero-order valence-corrected chi connectivity index (χ0v) is 19.7. The Balaban J connectivity index is 1.80. The SMILES string of the molecule is Cc1cc(C)c(CN2CCc3c(Cl)cc(-c4c(C)noc4C(C)O)c(Cl)c3C2=O)c(=O)[nH]1. The van der Waals surface area contributed by atoms with Gasteiger partial charge in [-0.3, -0.25) is 9.59 Å². The van der Waals surface area contributed by atoms with Crippen molar-refractivity contribution in [3.63, 3.8) is 0 Å². The van der Waals surface area contributed by atoms with Gasteiger partial charge in [0.2, 0.25) is 0 Å². The first-order chi connectivity index (χ1) is 15.1. The molecule has 3 aromatic rings. The molecule has 3 heterocycles. The Hall–Kier alpha value is -2.61. The summed E-state index contributed by atoms with van der Waals surface area (Å²) in [6.45, 7) is 7.55. The predicted octanol–water partition coefficient (Wildman–Crippen LogP) is 4.51. The molecule has 1 aliphatic rings. The van der Waals surface area contributed by atoms with Gasteiger partial charge in [-0.1, -0.05) is 28.4 Å². The van der Waals surface area contributed by atoms with Crippen molar-refractivity contribution in [3.8, 4) is 11.1 Å². The summed E-state index contributed by atoms with van der Waals surface area (Å²) in [4.78, 5) is 30.4. The van der Waals surface area contributed by atoms with Crippen LogP contribution in [0.2, 0.25) is 10.0 Å². The molecular formula is C23H23Cl2N3O4. The average Bonchev–Trinajstić information content (AvgIpc) is 3.10. The van der Waals surface area contributed by atoms with Crippen molar-refractivity contribution >= 4 is 29.1 Å². The molecule has 7 nitrogen and oxygen atoms in total. The first kappa shape index (κ1) is 22.6. The molecule has 1 unspecified atom stereocenters. The number of fused-ring (bicyclic) bond motifs is 1. The smallest absolute Gasteiger partial charge is 0.256 e. The van der Waals surface area contributed by atoms with Crippen LogP contribution in [0.15, 0.2) is 21.5 Å². The van der Waals surface area contributed by atoms with Crippen LogP contribution < -0.4 is 5.56 Å². The number of pyridine rings is 1. The lowest BCUT2D eigenvalue weighted by Gasteiger charge is -2.30. The summed E-state index contributed by atoms with van der Waals surface area (Å²) in [6.07, 6.45) is -0.408. The maximum atomic E-state index is 13.5. The Bertz CT molecular complexity index is 1290. The second-order valence-electron chi connectivity index (χ2n) is 8.18. The molecule has 0 fully saturated rings. The average molecular weight is 476 g/mol. The van der Waals surface area contributed by atoms with E-state index in [1.807, 2.05) is 19.9 Å². The van der Waals surface area contributed by atoms with Crippen molar-refractivity contribution in [1.29, 1.82) is 0 Å². The first-order valence-corrected chi connectivity index (χ1v) is 11.0. The molecule has 1 amide bonds. The van der Waals surface area contributed by atoms with Crippen molar-refractivity contribution in [2.24, 2.45) is 0 Å². The molecule has 2 aromatic heterocycles. The van der Waals surface area contributed by atoms with Crippen LogP contribution in [0.1, 0.15) is 57.2 Å². The molecule has 2 N–H and O–H groups in total. The van der Waals surface area contributed by atoms with E-state index in [-0.39, 0.29) is 28.8 Å². The van der Waals surface area contributed by atoms with Crippen LogP contribution >= 0.6 is 23.2 Å². The zero-order chi connectivity index (χ0) is 23.3. The highest BCUT2D eigenvalue weighted by Crippen LogP contribution is 2.43. The van der Waals surface area contributed by atoms with E-state index in [4.69, 9.17) is 27.7 Å². The van der Waals surface area contributed by atoms with E-state index in [2.05, 4.69) is 10.1 Å². The Morgan fingerprint density at radius 1 is 1.22 bits per heavy atom. The normalized spacial score (nSPS) is 14.6. The molecule has 4 rings (SSSR count). The molecule has 1 aliphatic heterocycles. The lowest BCUT2D eigenvalue weighted by molar-refractivity contribution is 0.0726. The van der Waals surface area contributed by atoms with Crippen molar-refractivity contribution in [1.82, 2.24) is 15.0 Å². The number of aliphatic hydroxyl groups excluding tert-OH is 1. The molecule has 0 spiro atoms. The molecule has 0 bridgehead atoms. The summed E-state index contributed by atoms with van der Waals surface area (Å²) in [5, 5.41) is 14.7. The number of carbonyl (C=O) groups is 1. The summed E-state index contributed by atoms with van der Waals surface area (Å²) in [7, 11) is 0. The summed E-state index contributed by atoms with van der Waals surface area (Å²) in [5.74, 6) is -0.0468. The molecule has 9 heteroatoms. The second-order valence-corrected chi connectivity index (χ2v) is 8.96. The van der Waals surface area contributed by atoms with Gasteiger partial charge in [0.05, 0.1) is 28.4 Å². The summed E-state index contributed by atoms with van der Waals surface area (Å²) in [5.41, 5.74) is 4.42. The van der Waals surface area contributed by atoms with E-state index in [9.17, 15) is 14.7 Å². The van der Waals surface area contributed by atoms with Crippen LogP contribution in [-0.2, 0) is 13.0 Å². The van der Waals surface area contributed by atoms with E-state index in [0.717, 1.165) is 11.3 Å². The van der Waals surface area contributed by atoms with Gasteiger partial charge in [-0.15, -0.1) is 0 Å². The van der Waals surface area contributed by atoms with Gasteiger partial charge in [0, 0.05) is 28.4 Å². The van der Waals surface area contributed by atoms with E-state index in [1.54, 1.807) is 24.8 Å². The van der Waals surface area contributed by atoms with Gasteiger partial charge >= 0.3 is 0 Å². The number of rotatable bonds is 4. The van der Waals surface area contributed by atoms with E-state index in [0.29, 0.717) is 51.5 Å². The van der Waals surface area contributed by atoms with Crippen LogP contribution in [0.4, 0.5) is 0 Å². The van der Waals surface area contributed by atoms with Crippen LogP contribution in [0.3, 0.4) is 0 Å². The quantitative estimate of drug-likeness (QED) is 0.577. The van der Waals surface area contributed by atoms with Crippen LogP contribution in [0, 0.1) is 20.8 Å². The van der Waals surface area contributed by atoms with Gasteiger partial charge in [0.1, 0.15) is 6.10 Å². The fraction of sp³-hybridized carbons (Fsp3) is 0.348. The predicted molar refractivity (Wildman–Crippen MR) is 122 cm³/mol. The lowest BCUT2D eigenvalue weighted by atomic mass is 9.92. The monoisotopic (exact) mass is 475 g/mol. The molecule has 32 heavy (non-hydrogen) atoms. The van der Waals surface area contributed by atoms with Crippen molar-refractivity contribution < 1.29 is 14.4 Å². The molecule has 1 aromatic carbocycles. The van der Waals surface area contributed by atoms with Gasteiger partial charge in [-0.2, -0.15) is 0 Å². The number of amides is 1. The van der Waals surface area contributed by atoms with Crippen LogP contribution in [0.25, 0.3) is 11.1 Å².